The molecule has 2 aromatic carbocycles. The quantitative estimate of drug-likeness (QED) is 0.346. The summed E-state index contributed by atoms with van der Waals surface area (Å²) >= 11 is 6.03. The Hall–Kier alpha value is -4.04. The summed E-state index contributed by atoms with van der Waals surface area (Å²) in [5.74, 6) is 0.275. The van der Waals surface area contributed by atoms with E-state index in [-0.39, 0.29) is 23.7 Å². The van der Waals surface area contributed by atoms with Gasteiger partial charge in [-0.25, -0.2) is 0 Å². The number of carbonyl (C=O) groups excluding carboxylic acids is 2. The van der Waals surface area contributed by atoms with Gasteiger partial charge in [0.1, 0.15) is 18.1 Å². The van der Waals surface area contributed by atoms with Gasteiger partial charge in [0, 0.05) is 23.5 Å². The van der Waals surface area contributed by atoms with Crippen molar-refractivity contribution in [2.75, 3.05) is 10.6 Å². The number of aromatic nitrogens is 2. The number of nitrogens with one attached hydrogen (secondary N) is 2. The maximum Gasteiger partial charge on any atom is 0.291 e. The highest BCUT2D eigenvalue weighted by Gasteiger charge is 2.21. The summed E-state index contributed by atoms with van der Waals surface area (Å²) < 4.78 is 12.9. The minimum absolute atomic E-state index is 0.0875. The Kier molecular flexibility index (Phi) is 6.98. The van der Waals surface area contributed by atoms with Crippen molar-refractivity contribution in [2.45, 2.75) is 27.0 Å². The van der Waals surface area contributed by atoms with Gasteiger partial charge in [0.2, 0.25) is 0 Å². The van der Waals surface area contributed by atoms with E-state index in [9.17, 15) is 9.59 Å². The highest BCUT2D eigenvalue weighted by molar-refractivity contribution is 6.31. The molecule has 2 aromatic heterocycles. The van der Waals surface area contributed by atoms with Crippen LogP contribution in [0, 0.1) is 6.92 Å². The molecule has 0 aliphatic rings. The maximum absolute atomic E-state index is 12.8. The van der Waals surface area contributed by atoms with Gasteiger partial charge in [-0.1, -0.05) is 29.8 Å². The largest absolute Gasteiger partial charge is 0.486 e. The van der Waals surface area contributed by atoms with E-state index in [1.807, 2.05) is 38.1 Å². The molecule has 0 aliphatic carbocycles. The molecule has 2 N–H and O–H groups in total. The van der Waals surface area contributed by atoms with Gasteiger partial charge in [-0.05, 0) is 61.9 Å². The monoisotopic (exact) mass is 478 g/mol. The summed E-state index contributed by atoms with van der Waals surface area (Å²) in [4.78, 5) is 25.6. The molecule has 0 saturated carbocycles. The van der Waals surface area contributed by atoms with Gasteiger partial charge >= 0.3 is 0 Å². The summed E-state index contributed by atoms with van der Waals surface area (Å²) in [6.07, 6.45) is 1.60. The molecular formula is C25H23ClN4O4. The molecule has 8 nitrogen and oxygen atoms in total. The second kappa shape index (κ2) is 10.3. The molecule has 4 rings (SSSR count). The van der Waals surface area contributed by atoms with Crippen molar-refractivity contribution >= 4 is 34.8 Å². The summed E-state index contributed by atoms with van der Waals surface area (Å²) in [7, 11) is 0. The first kappa shape index (κ1) is 23.1. The summed E-state index contributed by atoms with van der Waals surface area (Å²) in [6.45, 7) is 4.46. The van der Waals surface area contributed by atoms with Crippen LogP contribution in [0.4, 0.5) is 11.4 Å². The third kappa shape index (κ3) is 5.47. The van der Waals surface area contributed by atoms with Crippen molar-refractivity contribution in [3.63, 3.8) is 0 Å². The van der Waals surface area contributed by atoms with Crippen LogP contribution in [0.25, 0.3) is 0 Å². The van der Waals surface area contributed by atoms with Gasteiger partial charge in [-0.15, -0.1) is 0 Å². The van der Waals surface area contributed by atoms with E-state index in [2.05, 4.69) is 15.7 Å². The SMILES string of the molecule is CCn1cc(NC(=O)c2ccc(COc3ccc(Cl)c(C)c3)o2)c(C(=O)Nc2ccccc2)n1. The minimum atomic E-state index is -0.502. The molecule has 0 saturated heterocycles. The number of nitrogens with zero attached hydrogens (tertiary/aromatic N) is 2. The molecule has 0 atom stereocenters. The first-order chi connectivity index (χ1) is 16.4. The fourth-order valence-corrected chi connectivity index (χ4v) is 3.29. The van der Waals surface area contributed by atoms with Gasteiger partial charge in [0.25, 0.3) is 11.8 Å². The lowest BCUT2D eigenvalue weighted by Gasteiger charge is -2.06. The number of anilines is 2. The number of ether oxygens (including phenoxy) is 1. The number of rotatable bonds is 8. The van der Waals surface area contributed by atoms with Crippen molar-refractivity contribution in [1.29, 1.82) is 0 Å². The lowest BCUT2D eigenvalue weighted by Crippen LogP contribution is -2.17. The molecule has 174 valence electrons. The van der Waals surface area contributed by atoms with Crippen LogP contribution < -0.4 is 15.4 Å². The predicted octanol–water partition coefficient (Wildman–Crippen LogP) is 5.54. The molecule has 0 radical (unpaired) electrons. The molecule has 2 heterocycles. The summed E-state index contributed by atoms with van der Waals surface area (Å²) in [5, 5.41) is 10.4. The van der Waals surface area contributed by atoms with Crippen LogP contribution >= 0.6 is 11.6 Å². The molecular weight excluding hydrogens is 456 g/mol. The van der Waals surface area contributed by atoms with E-state index in [4.69, 9.17) is 20.8 Å². The molecule has 9 heteroatoms. The van der Waals surface area contributed by atoms with Gasteiger partial charge in [-0.2, -0.15) is 5.10 Å². The zero-order valence-electron chi connectivity index (χ0n) is 18.7. The molecule has 0 bridgehead atoms. The highest BCUT2D eigenvalue weighted by atomic mass is 35.5. The number of amides is 2. The van der Waals surface area contributed by atoms with Crippen molar-refractivity contribution in [1.82, 2.24) is 9.78 Å². The second-order valence-corrected chi connectivity index (χ2v) is 7.89. The number of para-hydroxylation sites is 1. The number of halogens is 1. The zero-order valence-corrected chi connectivity index (χ0v) is 19.4. The Balaban J connectivity index is 1.43. The molecule has 0 fully saturated rings. The predicted molar refractivity (Wildman–Crippen MR) is 129 cm³/mol. The smallest absolute Gasteiger partial charge is 0.291 e. The van der Waals surface area contributed by atoms with E-state index < -0.39 is 11.8 Å². The van der Waals surface area contributed by atoms with Crippen LogP contribution in [0.2, 0.25) is 5.02 Å². The molecule has 4 aromatic rings. The van der Waals surface area contributed by atoms with E-state index in [0.29, 0.717) is 28.8 Å². The van der Waals surface area contributed by atoms with Crippen LogP contribution in [0.1, 0.15) is 39.3 Å². The van der Waals surface area contributed by atoms with Crippen molar-refractivity contribution in [3.8, 4) is 5.75 Å². The summed E-state index contributed by atoms with van der Waals surface area (Å²) in [5.41, 5.74) is 1.92. The lowest BCUT2D eigenvalue weighted by molar-refractivity contribution is 0.0992. The van der Waals surface area contributed by atoms with E-state index in [0.717, 1.165) is 5.56 Å². The molecule has 0 unspecified atom stereocenters. The number of benzene rings is 2. The molecule has 2 amide bonds. The standard InChI is InChI=1S/C25H23ClN4O4/c1-3-30-14-21(23(29-30)25(32)27-17-7-5-4-6-8-17)28-24(31)22-12-10-19(34-22)15-33-18-9-11-20(26)16(2)13-18/h4-14H,3,15H2,1-2H3,(H,27,32)(H,28,31). The normalized spacial score (nSPS) is 10.7. The Labute approximate surface area is 201 Å². The van der Waals surface area contributed by atoms with Gasteiger partial charge in [0.15, 0.2) is 11.5 Å². The Morgan fingerprint density at radius 2 is 1.85 bits per heavy atom. The van der Waals surface area contributed by atoms with Crippen LogP contribution in [-0.2, 0) is 13.2 Å². The Morgan fingerprint density at radius 1 is 1.06 bits per heavy atom. The number of hydrogen-bond donors (Lipinski definition) is 2. The van der Waals surface area contributed by atoms with E-state index >= 15 is 0 Å². The maximum atomic E-state index is 12.8. The van der Waals surface area contributed by atoms with Crippen LogP contribution in [0.3, 0.4) is 0 Å². The number of aryl methyl sites for hydroxylation is 2. The average molecular weight is 479 g/mol. The molecule has 34 heavy (non-hydrogen) atoms. The molecule has 0 aliphatic heterocycles. The van der Waals surface area contributed by atoms with Crippen molar-refractivity contribution in [3.05, 3.63) is 94.7 Å². The van der Waals surface area contributed by atoms with Crippen LogP contribution in [-0.4, -0.2) is 21.6 Å². The first-order valence-electron chi connectivity index (χ1n) is 10.7. The number of carbonyl (C=O) groups is 2. The first-order valence-corrected chi connectivity index (χ1v) is 11.0. The van der Waals surface area contributed by atoms with Crippen molar-refractivity contribution < 1.29 is 18.7 Å². The Morgan fingerprint density at radius 3 is 2.59 bits per heavy atom. The van der Waals surface area contributed by atoms with Crippen molar-refractivity contribution in [2.24, 2.45) is 0 Å². The molecule has 0 spiro atoms. The van der Waals surface area contributed by atoms with E-state index in [1.54, 1.807) is 47.3 Å². The highest BCUT2D eigenvalue weighted by Crippen LogP contribution is 2.23. The lowest BCUT2D eigenvalue weighted by atomic mass is 10.2. The summed E-state index contributed by atoms with van der Waals surface area (Å²) in [6, 6.07) is 17.6. The zero-order chi connectivity index (χ0) is 24.1. The van der Waals surface area contributed by atoms with Gasteiger partial charge in [-0.3, -0.25) is 14.3 Å². The van der Waals surface area contributed by atoms with Gasteiger partial charge in [0.05, 0.1) is 5.69 Å². The second-order valence-electron chi connectivity index (χ2n) is 7.49. The minimum Gasteiger partial charge on any atom is -0.486 e. The van der Waals surface area contributed by atoms with Crippen LogP contribution in [0.15, 0.2) is 71.3 Å². The third-order valence-corrected chi connectivity index (χ3v) is 5.40. The van der Waals surface area contributed by atoms with Crippen LogP contribution in [0.5, 0.6) is 5.75 Å². The average Bonchev–Trinajstić information content (AvgIpc) is 3.48. The van der Waals surface area contributed by atoms with E-state index in [1.165, 1.54) is 0 Å². The number of hydrogen-bond acceptors (Lipinski definition) is 5. The third-order valence-electron chi connectivity index (χ3n) is 4.98. The Bertz CT molecular complexity index is 1310. The van der Waals surface area contributed by atoms with Gasteiger partial charge < -0.3 is 19.8 Å². The number of furan rings is 1. The fraction of sp³-hybridized carbons (Fsp3) is 0.160. The topological polar surface area (TPSA) is 98.4 Å². The fourth-order valence-electron chi connectivity index (χ4n) is 3.18.